The average Bonchev–Trinajstić information content (AvgIpc) is 2.97. The monoisotopic (exact) mass is 359 g/mol. The Morgan fingerprint density at radius 3 is 2.60 bits per heavy atom. The minimum absolute atomic E-state index is 0.00984. The van der Waals surface area contributed by atoms with Crippen LogP contribution in [0.15, 0.2) is 59.6 Å². The average molecular weight is 359 g/mol. The molecule has 0 aliphatic heterocycles. The number of hydrogen-bond acceptors (Lipinski definition) is 4. The Morgan fingerprint density at radius 2 is 1.84 bits per heavy atom. The molecule has 0 radical (unpaired) electrons. The molecule has 0 aliphatic rings. The van der Waals surface area contributed by atoms with Crippen molar-refractivity contribution in [2.24, 2.45) is 5.73 Å². The molecule has 1 atom stereocenters. The van der Waals surface area contributed by atoms with Gasteiger partial charge in [0.05, 0.1) is 11.7 Å². The molecule has 0 bridgehead atoms. The number of carbonyl (C=O) groups is 1. The Labute approximate surface area is 144 Å². The molecule has 0 saturated carbocycles. The third-order valence-electron chi connectivity index (χ3n) is 3.87. The highest BCUT2D eigenvalue weighted by atomic mass is 32.2. The molecular formula is C17H17N3O4S. The molecular weight excluding hydrogens is 342 g/mol. The van der Waals surface area contributed by atoms with Gasteiger partial charge in [-0.05, 0) is 30.2 Å². The second-order valence-corrected chi connectivity index (χ2v) is 7.02. The number of para-hydroxylation sites is 2. The molecule has 8 heteroatoms. The molecule has 1 amide bonds. The molecule has 3 rings (SSSR count). The first-order valence-corrected chi connectivity index (χ1v) is 8.98. The summed E-state index contributed by atoms with van der Waals surface area (Å²) in [6.07, 6.45) is 2.08. The summed E-state index contributed by atoms with van der Waals surface area (Å²) in [5.74, 6) is -0.540. The van der Waals surface area contributed by atoms with E-state index in [9.17, 15) is 17.8 Å². The summed E-state index contributed by atoms with van der Waals surface area (Å²) >= 11 is 0. The number of fused-ring (bicyclic) bond motifs is 1. The molecule has 2 aromatic carbocycles. The number of nitrogens with one attached hydrogen (secondary N) is 2. The SMILES string of the molecule is N[C@@H](Cc1c[nH]c2ccccc12)C(=O)Nc1ccccc1S(=O)(=O)O. The van der Waals surface area contributed by atoms with Gasteiger partial charge in [-0.3, -0.25) is 9.35 Å². The topological polar surface area (TPSA) is 125 Å². The minimum atomic E-state index is -4.44. The van der Waals surface area contributed by atoms with Gasteiger partial charge in [-0.1, -0.05) is 30.3 Å². The zero-order valence-corrected chi connectivity index (χ0v) is 14.0. The van der Waals surface area contributed by atoms with E-state index in [2.05, 4.69) is 10.3 Å². The van der Waals surface area contributed by atoms with E-state index in [-0.39, 0.29) is 17.0 Å². The highest BCUT2D eigenvalue weighted by molar-refractivity contribution is 7.86. The highest BCUT2D eigenvalue weighted by Gasteiger charge is 2.20. The number of H-pyrrole nitrogens is 1. The molecule has 3 aromatic rings. The maximum absolute atomic E-state index is 12.3. The molecule has 25 heavy (non-hydrogen) atoms. The van der Waals surface area contributed by atoms with Gasteiger partial charge in [-0.25, -0.2) is 0 Å². The number of nitrogens with two attached hydrogens (primary N) is 1. The first-order chi connectivity index (χ1) is 11.9. The number of anilines is 1. The van der Waals surface area contributed by atoms with E-state index in [4.69, 9.17) is 5.73 Å². The van der Waals surface area contributed by atoms with E-state index < -0.39 is 22.1 Å². The Balaban J connectivity index is 1.78. The maximum Gasteiger partial charge on any atom is 0.296 e. The van der Waals surface area contributed by atoms with Crippen LogP contribution in [0.5, 0.6) is 0 Å². The lowest BCUT2D eigenvalue weighted by Gasteiger charge is -2.13. The van der Waals surface area contributed by atoms with Gasteiger partial charge >= 0.3 is 0 Å². The summed E-state index contributed by atoms with van der Waals surface area (Å²) in [4.78, 5) is 15.1. The van der Waals surface area contributed by atoms with Gasteiger partial charge in [-0.2, -0.15) is 8.42 Å². The predicted molar refractivity (Wildman–Crippen MR) is 94.9 cm³/mol. The van der Waals surface area contributed by atoms with Crippen LogP contribution in [0.2, 0.25) is 0 Å². The van der Waals surface area contributed by atoms with Gasteiger partial charge in [-0.15, -0.1) is 0 Å². The van der Waals surface area contributed by atoms with Crippen LogP contribution in [0.25, 0.3) is 10.9 Å². The molecule has 1 heterocycles. The summed E-state index contributed by atoms with van der Waals surface area (Å²) in [6, 6.07) is 12.4. The molecule has 130 valence electrons. The standard InChI is InChI=1S/C17H17N3O4S/c18-13(9-11-10-19-14-6-2-1-5-12(11)14)17(21)20-15-7-3-4-8-16(15)25(22,23)24/h1-8,10,13,19H,9,18H2,(H,20,21)(H,22,23,24)/t13-/m0/s1. The molecule has 0 aliphatic carbocycles. The van der Waals surface area contributed by atoms with Gasteiger partial charge in [0.1, 0.15) is 4.90 Å². The molecule has 0 saturated heterocycles. The summed E-state index contributed by atoms with van der Waals surface area (Å²) in [7, 11) is -4.44. The lowest BCUT2D eigenvalue weighted by atomic mass is 10.0. The minimum Gasteiger partial charge on any atom is -0.361 e. The molecule has 0 unspecified atom stereocenters. The van der Waals surface area contributed by atoms with Crippen molar-refractivity contribution in [1.82, 2.24) is 4.98 Å². The van der Waals surface area contributed by atoms with E-state index in [1.54, 1.807) is 12.3 Å². The Bertz CT molecular complexity index is 1030. The van der Waals surface area contributed by atoms with Gasteiger partial charge < -0.3 is 16.0 Å². The van der Waals surface area contributed by atoms with Crippen LogP contribution in [0.3, 0.4) is 0 Å². The number of carbonyl (C=O) groups excluding carboxylic acids is 1. The second-order valence-electron chi connectivity index (χ2n) is 5.63. The van der Waals surface area contributed by atoms with Gasteiger partial charge in [0, 0.05) is 17.1 Å². The Morgan fingerprint density at radius 1 is 1.16 bits per heavy atom. The van der Waals surface area contributed by atoms with E-state index in [0.717, 1.165) is 16.5 Å². The summed E-state index contributed by atoms with van der Waals surface area (Å²) in [6.45, 7) is 0. The number of amides is 1. The summed E-state index contributed by atoms with van der Waals surface area (Å²) in [5.41, 5.74) is 7.79. The zero-order valence-electron chi connectivity index (χ0n) is 13.1. The van der Waals surface area contributed by atoms with Crippen LogP contribution < -0.4 is 11.1 Å². The van der Waals surface area contributed by atoms with Crippen molar-refractivity contribution < 1.29 is 17.8 Å². The molecule has 7 nitrogen and oxygen atoms in total. The fourth-order valence-electron chi connectivity index (χ4n) is 2.65. The Hall–Kier alpha value is -2.68. The summed E-state index contributed by atoms with van der Waals surface area (Å²) in [5, 5.41) is 3.44. The van der Waals surface area contributed by atoms with Crippen molar-refractivity contribution in [3.8, 4) is 0 Å². The third kappa shape index (κ3) is 3.71. The maximum atomic E-state index is 12.3. The Kier molecular flexibility index (Phi) is 4.58. The van der Waals surface area contributed by atoms with E-state index >= 15 is 0 Å². The lowest BCUT2D eigenvalue weighted by molar-refractivity contribution is -0.117. The van der Waals surface area contributed by atoms with Crippen molar-refractivity contribution in [1.29, 1.82) is 0 Å². The predicted octanol–water partition coefficient (Wildman–Crippen LogP) is 1.92. The fourth-order valence-corrected chi connectivity index (χ4v) is 3.30. The van der Waals surface area contributed by atoms with Crippen LogP contribution in [-0.4, -0.2) is 29.9 Å². The quantitative estimate of drug-likeness (QED) is 0.518. The molecule has 5 N–H and O–H groups in total. The van der Waals surface area contributed by atoms with E-state index in [1.807, 2.05) is 24.3 Å². The third-order valence-corrected chi connectivity index (χ3v) is 4.79. The number of hydrogen-bond donors (Lipinski definition) is 4. The van der Waals surface area contributed by atoms with Crippen molar-refractivity contribution in [3.63, 3.8) is 0 Å². The second kappa shape index (κ2) is 6.67. The number of rotatable bonds is 5. The normalized spacial score (nSPS) is 12.9. The van der Waals surface area contributed by atoms with Gasteiger partial charge in [0.25, 0.3) is 10.1 Å². The first kappa shape index (κ1) is 17.2. The van der Waals surface area contributed by atoms with Gasteiger partial charge in [0.2, 0.25) is 5.91 Å². The van der Waals surface area contributed by atoms with Crippen LogP contribution in [0, 0.1) is 0 Å². The number of benzene rings is 2. The van der Waals surface area contributed by atoms with Crippen molar-refractivity contribution >= 4 is 32.6 Å². The van der Waals surface area contributed by atoms with Gasteiger partial charge in [0.15, 0.2) is 0 Å². The fraction of sp³-hybridized carbons (Fsp3) is 0.118. The summed E-state index contributed by atoms with van der Waals surface area (Å²) < 4.78 is 32.0. The molecule has 0 fully saturated rings. The first-order valence-electron chi connectivity index (χ1n) is 7.54. The van der Waals surface area contributed by atoms with E-state index in [1.165, 1.54) is 18.2 Å². The van der Waals surface area contributed by atoms with Crippen molar-refractivity contribution in [2.75, 3.05) is 5.32 Å². The van der Waals surface area contributed by atoms with Crippen LogP contribution >= 0.6 is 0 Å². The molecule has 0 spiro atoms. The highest BCUT2D eigenvalue weighted by Crippen LogP contribution is 2.22. The van der Waals surface area contributed by atoms with Crippen molar-refractivity contribution in [2.45, 2.75) is 17.4 Å². The van der Waals surface area contributed by atoms with Crippen LogP contribution in [0.1, 0.15) is 5.56 Å². The van der Waals surface area contributed by atoms with Crippen molar-refractivity contribution in [3.05, 3.63) is 60.3 Å². The smallest absolute Gasteiger partial charge is 0.296 e. The molecule has 1 aromatic heterocycles. The number of aromatic nitrogens is 1. The van der Waals surface area contributed by atoms with E-state index in [0.29, 0.717) is 0 Å². The number of aromatic amines is 1. The zero-order chi connectivity index (χ0) is 18.0. The van der Waals surface area contributed by atoms with Crippen LogP contribution in [-0.2, 0) is 21.3 Å². The van der Waals surface area contributed by atoms with Crippen LogP contribution in [0.4, 0.5) is 5.69 Å². The largest absolute Gasteiger partial charge is 0.361 e. The lowest BCUT2D eigenvalue weighted by Crippen LogP contribution is -2.37.